The number of benzene rings is 1. The van der Waals surface area contributed by atoms with E-state index in [4.69, 9.17) is 9.47 Å². The maximum absolute atomic E-state index is 12.4. The third kappa shape index (κ3) is 3.34. The number of hydrogen-bond donors (Lipinski definition) is 1. The number of hydrogen-bond acceptors (Lipinski definition) is 4. The van der Waals surface area contributed by atoms with Gasteiger partial charge < -0.3 is 14.8 Å². The minimum Gasteiger partial charge on any atom is -0.497 e. The summed E-state index contributed by atoms with van der Waals surface area (Å²) >= 11 is 0. The molecule has 1 aromatic carbocycles. The van der Waals surface area contributed by atoms with Crippen LogP contribution in [0.5, 0.6) is 11.5 Å². The quantitative estimate of drug-likeness (QED) is 0.919. The van der Waals surface area contributed by atoms with Gasteiger partial charge in [-0.25, -0.2) is 4.68 Å². The largest absolute Gasteiger partial charge is 0.497 e. The van der Waals surface area contributed by atoms with Gasteiger partial charge in [-0.3, -0.25) is 4.79 Å². The minimum atomic E-state index is -0.241. The molecule has 1 N–H and O–H groups in total. The molecule has 0 aliphatic heterocycles. The fraction of sp³-hybridized carbons (Fsp3) is 0.333. The summed E-state index contributed by atoms with van der Waals surface area (Å²) in [7, 11) is 3.09. The zero-order valence-corrected chi connectivity index (χ0v) is 12.6. The molecule has 2 aromatic rings. The molecule has 21 heavy (non-hydrogen) atoms. The predicted molar refractivity (Wildman–Crippen MR) is 80.1 cm³/mol. The van der Waals surface area contributed by atoms with Crippen LogP contribution < -0.4 is 14.8 Å². The van der Waals surface area contributed by atoms with Gasteiger partial charge >= 0.3 is 0 Å². The maximum Gasteiger partial charge on any atom is 0.257 e. The Balaban J connectivity index is 2.26. The maximum atomic E-state index is 12.4. The second-order valence-corrected chi connectivity index (χ2v) is 4.81. The summed E-state index contributed by atoms with van der Waals surface area (Å²) in [6.45, 7) is 3.99. The summed E-state index contributed by atoms with van der Waals surface area (Å²) in [5, 5.41) is 7.02. The zero-order chi connectivity index (χ0) is 15.4. The number of aromatic nitrogens is 2. The van der Waals surface area contributed by atoms with Crippen LogP contribution in [0.25, 0.3) is 0 Å². The highest BCUT2D eigenvalue weighted by Crippen LogP contribution is 2.23. The van der Waals surface area contributed by atoms with E-state index in [-0.39, 0.29) is 11.9 Å². The summed E-state index contributed by atoms with van der Waals surface area (Å²) in [5.41, 5.74) is 0.461. The van der Waals surface area contributed by atoms with Crippen LogP contribution in [-0.4, -0.2) is 29.9 Å². The minimum absolute atomic E-state index is 0.162. The van der Waals surface area contributed by atoms with Gasteiger partial charge in [0, 0.05) is 23.7 Å². The molecule has 1 aromatic heterocycles. The normalized spacial score (nSPS) is 10.5. The average molecular weight is 289 g/mol. The highest BCUT2D eigenvalue weighted by atomic mass is 16.5. The average Bonchev–Trinajstić information content (AvgIpc) is 2.94. The molecule has 0 aliphatic rings. The Morgan fingerprint density at radius 2 is 1.81 bits per heavy atom. The van der Waals surface area contributed by atoms with E-state index in [0.29, 0.717) is 22.9 Å². The third-order valence-electron chi connectivity index (χ3n) is 3.01. The van der Waals surface area contributed by atoms with Crippen LogP contribution in [0.2, 0.25) is 0 Å². The molecule has 112 valence electrons. The summed E-state index contributed by atoms with van der Waals surface area (Å²) < 4.78 is 12.1. The van der Waals surface area contributed by atoms with Crippen LogP contribution in [0, 0.1) is 0 Å². The Kier molecular flexibility index (Phi) is 4.47. The summed E-state index contributed by atoms with van der Waals surface area (Å²) in [4.78, 5) is 12.4. The fourth-order valence-electron chi connectivity index (χ4n) is 1.95. The van der Waals surface area contributed by atoms with Gasteiger partial charge in [0.15, 0.2) is 0 Å². The molecule has 6 heteroatoms. The number of ether oxygens (including phenoxy) is 2. The predicted octanol–water partition coefficient (Wildman–Crippen LogP) is 2.73. The van der Waals surface area contributed by atoms with Gasteiger partial charge in [0.1, 0.15) is 17.3 Å². The molecular weight excluding hydrogens is 270 g/mol. The molecule has 0 radical (unpaired) electrons. The summed E-state index contributed by atoms with van der Waals surface area (Å²) in [5.74, 6) is 1.54. The molecule has 2 rings (SSSR count). The third-order valence-corrected chi connectivity index (χ3v) is 3.01. The Morgan fingerprint density at radius 1 is 1.19 bits per heavy atom. The van der Waals surface area contributed by atoms with E-state index in [0.717, 1.165) is 0 Å². The van der Waals surface area contributed by atoms with Crippen LogP contribution >= 0.6 is 0 Å². The van der Waals surface area contributed by atoms with Crippen LogP contribution in [-0.2, 0) is 0 Å². The molecule has 1 heterocycles. The lowest BCUT2D eigenvalue weighted by Gasteiger charge is -2.12. The summed E-state index contributed by atoms with van der Waals surface area (Å²) in [6, 6.07) is 6.96. The lowest BCUT2D eigenvalue weighted by Crippen LogP contribution is -2.16. The second-order valence-electron chi connectivity index (χ2n) is 4.81. The van der Waals surface area contributed by atoms with Gasteiger partial charge in [-0.2, -0.15) is 5.10 Å². The number of nitrogens with zero attached hydrogens (tertiary/aromatic N) is 2. The first-order valence-corrected chi connectivity index (χ1v) is 6.63. The van der Waals surface area contributed by atoms with Crippen molar-refractivity contribution in [2.24, 2.45) is 0 Å². The molecule has 0 bridgehead atoms. The molecule has 0 aliphatic carbocycles. The van der Waals surface area contributed by atoms with Crippen LogP contribution in [0.3, 0.4) is 0 Å². The van der Waals surface area contributed by atoms with E-state index in [1.54, 1.807) is 49.4 Å². The molecule has 6 nitrogen and oxygen atoms in total. The van der Waals surface area contributed by atoms with Crippen molar-refractivity contribution in [3.63, 3.8) is 0 Å². The Hall–Kier alpha value is -2.50. The molecule has 0 saturated heterocycles. The highest BCUT2D eigenvalue weighted by molar-refractivity contribution is 6.04. The number of methoxy groups -OCH3 is 2. The van der Waals surface area contributed by atoms with Crippen LogP contribution in [0.1, 0.15) is 30.2 Å². The molecule has 1 amide bonds. The molecule has 0 unspecified atom stereocenters. The zero-order valence-electron chi connectivity index (χ0n) is 12.6. The SMILES string of the molecule is COc1cc(OC)cc(C(=O)Nc2ccnn2C(C)C)c1. The van der Waals surface area contributed by atoms with Gasteiger partial charge in [-0.1, -0.05) is 0 Å². The van der Waals surface area contributed by atoms with Gasteiger partial charge in [-0.15, -0.1) is 0 Å². The molecule has 0 atom stereocenters. The van der Waals surface area contributed by atoms with Crippen molar-refractivity contribution in [2.45, 2.75) is 19.9 Å². The van der Waals surface area contributed by atoms with Crippen molar-refractivity contribution in [3.05, 3.63) is 36.0 Å². The van der Waals surface area contributed by atoms with Gasteiger partial charge in [0.05, 0.1) is 20.4 Å². The molecule has 0 spiro atoms. The van der Waals surface area contributed by atoms with E-state index < -0.39 is 0 Å². The van der Waals surface area contributed by atoms with Crippen molar-refractivity contribution in [2.75, 3.05) is 19.5 Å². The van der Waals surface area contributed by atoms with Crippen molar-refractivity contribution in [1.29, 1.82) is 0 Å². The molecular formula is C15H19N3O3. The van der Waals surface area contributed by atoms with E-state index >= 15 is 0 Å². The lowest BCUT2D eigenvalue weighted by molar-refractivity contribution is 0.102. The monoisotopic (exact) mass is 289 g/mol. The molecule has 0 saturated carbocycles. The number of amides is 1. The smallest absolute Gasteiger partial charge is 0.257 e. The number of rotatable bonds is 5. The van der Waals surface area contributed by atoms with Crippen molar-refractivity contribution in [1.82, 2.24) is 9.78 Å². The van der Waals surface area contributed by atoms with Gasteiger partial charge in [0.2, 0.25) is 0 Å². The van der Waals surface area contributed by atoms with Gasteiger partial charge in [0.25, 0.3) is 5.91 Å². The van der Waals surface area contributed by atoms with Crippen molar-refractivity contribution >= 4 is 11.7 Å². The van der Waals surface area contributed by atoms with Crippen molar-refractivity contribution in [3.8, 4) is 11.5 Å². The topological polar surface area (TPSA) is 65.4 Å². The van der Waals surface area contributed by atoms with Crippen molar-refractivity contribution < 1.29 is 14.3 Å². The Morgan fingerprint density at radius 3 is 2.33 bits per heavy atom. The first kappa shape index (κ1) is 14.9. The standard InChI is InChI=1S/C15H19N3O3/c1-10(2)18-14(5-6-16-18)17-15(19)11-7-12(20-3)9-13(8-11)21-4/h5-10H,1-4H3,(H,17,19). The fourth-order valence-corrected chi connectivity index (χ4v) is 1.95. The first-order valence-electron chi connectivity index (χ1n) is 6.63. The van der Waals surface area contributed by atoms with E-state index in [1.807, 2.05) is 13.8 Å². The number of nitrogens with one attached hydrogen (secondary N) is 1. The van der Waals surface area contributed by atoms with E-state index in [9.17, 15) is 4.79 Å². The second kappa shape index (κ2) is 6.30. The number of anilines is 1. The van der Waals surface area contributed by atoms with E-state index in [2.05, 4.69) is 10.4 Å². The number of carbonyl (C=O) groups excluding carboxylic acids is 1. The number of carbonyl (C=O) groups is 1. The van der Waals surface area contributed by atoms with Crippen LogP contribution in [0.4, 0.5) is 5.82 Å². The summed E-state index contributed by atoms with van der Waals surface area (Å²) in [6.07, 6.45) is 1.65. The highest BCUT2D eigenvalue weighted by Gasteiger charge is 2.13. The first-order chi connectivity index (χ1) is 10.0. The van der Waals surface area contributed by atoms with Gasteiger partial charge in [-0.05, 0) is 26.0 Å². The Labute approximate surface area is 123 Å². The molecule has 0 fully saturated rings. The van der Waals surface area contributed by atoms with Crippen LogP contribution in [0.15, 0.2) is 30.5 Å². The Bertz CT molecular complexity index is 613. The lowest BCUT2D eigenvalue weighted by atomic mass is 10.2. The van der Waals surface area contributed by atoms with E-state index in [1.165, 1.54) is 0 Å².